The quantitative estimate of drug-likeness (QED) is 0.0539. The number of aromatic hydroxyl groups is 6. The number of nitrogens with zero attached hydrogens (tertiary/aromatic N) is 3. The Morgan fingerprint density at radius 3 is 2.31 bits per heavy atom. The fourth-order valence-electron chi connectivity index (χ4n) is 5.16. The number of carbonyl (C=O) groups is 1. The van der Waals surface area contributed by atoms with Gasteiger partial charge in [0.05, 0.1) is 56.4 Å². The van der Waals surface area contributed by atoms with Crippen LogP contribution in [0.25, 0.3) is 0 Å². The number of nitrogens with two attached hydrogens (primary N) is 1. The molecule has 5 rings (SSSR count). The van der Waals surface area contributed by atoms with Gasteiger partial charge in [-0.2, -0.15) is 0 Å². The van der Waals surface area contributed by atoms with E-state index in [4.69, 9.17) is 29.4 Å². The summed E-state index contributed by atoms with van der Waals surface area (Å²) >= 11 is 0. The zero-order valence-electron chi connectivity index (χ0n) is 25.9. The monoisotopic (exact) mass is 686 g/mol. The second-order valence-electron chi connectivity index (χ2n) is 10.9. The van der Waals surface area contributed by atoms with Crippen LogP contribution in [0.4, 0.5) is 4.39 Å². The van der Waals surface area contributed by atoms with Crippen LogP contribution in [0, 0.1) is 5.82 Å². The molecule has 0 amide bonds. The smallest absolute Gasteiger partial charge is 0.338 e. The molecule has 3 atom stereocenters. The van der Waals surface area contributed by atoms with Gasteiger partial charge in [0.15, 0.2) is 29.5 Å². The first-order valence-corrected chi connectivity index (χ1v) is 15.1. The molecule has 3 aromatic carbocycles. The van der Waals surface area contributed by atoms with Gasteiger partial charge in [0.1, 0.15) is 34.9 Å². The SMILES string of the molecule is NCCOCCOCCc1cn(CCOC2c3c(O)cc(O)cc3OC(c3cc(O)c(O)c(O)c3)C2OC(=O)c2cc(O)cc(F)c2)nn1. The van der Waals surface area contributed by atoms with Crippen molar-refractivity contribution >= 4 is 5.97 Å². The van der Waals surface area contributed by atoms with E-state index in [0.717, 1.165) is 36.4 Å². The fraction of sp³-hybridized carbons (Fsp3) is 0.344. The zero-order chi connectivity index (χ0) is 35.1. The summed E-state index contributed by atoms with van der Waals surface area (Å²) in [5.41, 5.74) is 5.62. The average molecular weight is 687 g/mol. The Kier molecular flexibility index (Phi) is 11.2. The number of hydrogen-bond acceptors (Lipinski definition) is 15. The topological polar surface area (TPSA) is 241 Å². The van der Waals surface area contributed by atoms with Gasteiger partial charge in [-0.05, 0) is 24.3 Å². The highest BCUT2D eigenvalue weighted by Gasteiger charge is 2.45. The van der Waals surface area contributed by atoms with Crippen molar-refractivity contribution < 1.29 is 63.5 Å². The van der Waals surface area contributed by atoms with E-state index in [1.807, 2.05) is 0 Å². The Labute approximate surface area is 278 Å². The molecule has 4 aromatic rings. The number of esters is 1. The number of halogens is 1. The van der Waals surface area contributed by atoms with Gasteiger partial charge < -0.3 is 60.1 Å². The summed E-state index contributed by atoms with van der Waals surface area (Å²) in [7, 11) is 0. The molecule has 0 spiro atoms. The molecule has 2 heterocycles. The van der Waals surface area contributed by atoms with Gasteiger partial charge in [-0.15, -0.1) is 5.10 Å². The molecular formula is C32H35FN4O12. The minimum atomic E-state index is -1.51. The highest BCUT2D eigenvalue weighted by molar-refractivity contribution is 5.90. The van der Waals surface area contributed by atoms with E-state index in [9.17, 15) is 39.8 Å². The molecule has 16 nitrogen and oxygen atoms in total. The van der Waals surface area contributed by atoms with Gasteiger partial charge in [-0.1, -0.05) is 5.21 Å². The van der Waals surface area contributed by atoms with Crippen molar-refractivity contribution in [2.24, 2.45) is 5.73 Å². The van der Waals surface area contributed by atoms with Crippen molar-refractivity contribution in [3.05, 3.63) is 76.9 Å². The molecule has 0 radical (unpaired) electrons. The molecule has 0 fully saturated rings. The largest absolute Gasteiger partial charge is 0.508 e. The van der Waals surface area contributed by atoms with Crippen molar-refractivity contribution in [3.8, 4) is 40.2 Å². The van der Waals surface area contributed by atoms with Gasteiger partial charge in [0, 0.05) is 42.9 Å². The minimum Gasteiger partial charge on any atom is -0.508 e. The Hall–Kier alpha value is -5.36. The number of carbonyl (C=O) groups excluding carboxylic acids is 1. The van der Waals surface area contributed by atoms with Crippen LogP contribution in [0.2, 0.25) is 0 Å². The Bertz CT molecular complexity index is 1730. The zero-order valence-corrected chi connectivity index (χ0v) is 25.9. The summed E-state index contributed by atoms with van der Waals surface area (Å²) in [5, 5.41) is 69.7. The first kappa shape index (κ1) is 35.0. The predicted molar refractivity (Wildman–Crippen MR) is 165 cm³/mol. The van der Waals surface area contributed by atoms with Gasteiger partial charge in [-0.25, -0.2) is 13.9 Å². The number of rotatable bonds is 15. The van der Waals surface area contributed by atoms with Crippen molar-refractivity contribution in [3.63, 3.8) is 0 Å². The molecule has 0 aliphatic carbocycles. The van der Waals surface area contributed by atoms with Crippen LogP contribution in [-0.4, -0.2) is 97.3 Å². The first-order chi connectivity index (χ1) is 23.5. The van der Waals surface area contributed by atoms with E-state index in [-0.39, 0.29) is 41.3 Å². The number of aromatic nitrogens is 3. The van der Waals surface area contributed by atoms with E-state index < -0.39 is 58.8 Å². The molecule has 1 aromatic heterocycles. The average Bonchev–Trinajstić information content (AvgIpc) is 3.50. The summed E-state index contributed by atoms with van der Waals surface area (Å²) < 4.78 is 44.4. The standard InChI is InChI=1S/C32H35FN4O12/c33-19-9-18(10-21(38)13-19)32(44)49-31-29(17-11-24(41)28(43)25(42)12-17)48-26-15-22(39)14-23(40)27(26)30(31)47-6-3-37-16-20(35-36-37)1-4-45-7-8-46-5-2-34/h9-16,29-31,38-43H,1-8,34H2. The maximum absolute atomic E-state index is 14.1. The lowest BCUT2D eigenvalue weighted by Crippen LogP contribution is -2.40. The highest BCUT2D eigenvalue weighted by Crippen LogP contribution is 2.51. The normalized spacial score (nSPS) is 17.0. The summed E-state index contributed by atoms with van der Waals surface area (Å²) in [4.78, 5) is 13.4. The lowest BCUT2D eigenvalue weighted by molar-refractivity contribution is -0.112. The van der Waals surface area contributed by atoms with Crippen molar-refractivity contribution in [1.82, 2.24) is 15.0 Å². The molecule has 0 bridgehead atoms. The highest BCUT2D eigenvalue weighted by atomic mass is 19.1. The number of ether oxygens (including phenoxy) is 5. The van der Waals surface area contributed by atoms with Crippen LogP contribution in [0.3, 0.4) is 0 Å². The maximum atomic E-state index is 14.1. The Balaban J connectivity index is 1.40. The molecule has 1 aliphatic heterocycles. The van der Waals surface area contributed by atoms with E-state index >= 15 is 0 Å². The molecule has 0 saturated heterocycles. The summed E-state index contributed by atoms with van der Waals surface area (Å²) in [6.07, 6.45) is -2.09. The second kappa shape index (κ2) is 15.7. The second-order valence-corrected chi connectivity index (χ2v) is 10.9. The Morgan fingerprint density at radius 1 is 0.878 bits per heavy atom. The maximum Gasteiger partial charge on any atom is 0.338 e. The van der Waals surface area contributed by atoms with Crippen LogP contribution >= 0.6 is 0 Å². The van der Waals surface area contributed by atoms with Crippen LogP contribution in [0.15, 0.2) is 48.7 Å². The molecule has 3 unspecified atom stereocenters. The third-order valence-corrected chi connectivity index (χ3v) is 7.36. The third-order valence-electron chi connectivity index (χ3n) is 7.36. The molecule has 49 heavy (non-hydrogen) atoms. The van der Waals surface area contributed by atoms with E-state index in [1.54, 1.807) is 6.20 Å². The summed E-state index contributed by atoms with van der Waals surface area (Å²) in [6.45, 7) is 2.11. The minimum absolute atomic E-state index is 0.0103. The van der Waals surface area contributed by atoms with Crippen LogP contribution in [0.1, 0.15) is 39.4 Å². The predicted octanol–water partition coefficient (Wildman–Crippen LogP) is 2.30. The number of benzene rings is 3. The first-order valence-electron chi connectivity index (χ1n) is 15.1. The Morgan fingerprint density at radius 2 is 1.59 bits per heavy atom. The number of phenolic OH excluding ortho intramolecular Hbond substituents is 6. The van der Waals surface area contributed by atoms with Gasteiger partial charge >= 0.3 is 5.97 Å². The summed E-state index contributed by atoms with van der Waals surface area (Å²) in [6, 6.07) is 6.90. The number of fused-ring (bicyclic) bond motifs is 1. The molecule has 8 N–H and O–H groups in total. The lowest BCUT2D eigenvalue weighted by Gasteiger charge is -2.39. The van der Waals surface area contributed by atoms with E-state index in [0.29, 0.717) is 45.1 Å². The van der Waals surface area contributed by atoms with Gasteiger partial charge in [0.2, 0.25) is 0 Å². The van der Waals surface area contributed by atoms with Crippen molar-refractivity contribution in [2.75, 3.05) is 39.6 Å². The lowest BCUT2D eigenvalue weighted by atomic mass is 9.90. The van der Waals surface area contributed by atoms with Crippen molar-refractivity contribution in [1.29, 1.82) is 0 Å². The van der Waals surface area contributed by atoms with Crippen LogP contribution in [0.5, 0.6) is 40.2 Å². The molecular weight excluding hydrogens is 651 g/mol. The molecule has 0 saturated carbocycles. The van der Waals surface area contributed by atoms with Gasteiger partial charge in [0.25, 0.3) is 0 Å². The molecule has 1 aliphatic rings. The van der Waals surface area contributed by atoms with Crippen molar-refractivity contribution in [2.45, 2.75) is 31.3 Å². The summed E-state index contributed by atoms with van der Waals surface area (Å²) in [5.74, 6) is -5.80. The van der Waals surface area contributed by atoms with Crippen LogP contribution in [-0.2, 0) is 31.9 Å². The van der Waals surface area contributed by atoms with E-state index in [1.165, 1.54) is 10.7 Å². The van der Waals surface area contributed by atoms with Gasteiger partial charge in [-0.3, -0.25) is 0 Å². The fourth-order valence-corrected chi connectivity index (χ4v) is 5.16. The molecule has 262 valence electrons. The van der Waals surface area contributed by atoms with Crippen LogP contribution < -0.4 is 10.5 Å². The number of hydrogen-bond donors (Lipinski definition) is 7. The third kappa shape index (κ3) is 8.57. The number of phenols is 6. The van der Waals surface area contributed by atoms with E-state index in [2.05, 4.69) is 10.3 Å². The molecule has 17 heteroatoms.